The zero-order chi connectivity index (χ0) is 21.6. The SMILES string of the molecule is COc1ccc(C(=O)N2CCC(CNC(=O)/C=C(\C)C(C)(C)C)CC2)cc1OC. The fourth-order valence-electron chi connectivity index (χ4n) is 3.20. The van der Waals surface area contributed by atoms with Gasteiger partial charge in [-0.2, -0.15) is 0 Å². The van der Waals surface area contributed by atoms with Gasteiger partial charge in [0.1, 0.15) is 0 Å². The molecule has 1 aliphatic rings. The Bertz CT molecular complexity index is 757. The van der Waals surface area contributed by atoms with E-state index in [2.05, 4.69) is 26.1 Å². The van der Waals surface area contributed by atoms with Crippen LogP contribution in [-0.4, -0.2) is 50.6 Å². The van der Waals surface area contributed by atoms with Gasteiger partial charge in [-0.05, 0) is 49.3 Å². The number of likely N-dealkylation sites (tertiary alicyclic amines) is 1. The minimum absolute atomic E-state index is 0.00262. The van der Waals surface area contributed by atoms with Gasteiger partial charge in [0.25, 0.3) is 5.91 Å². The van der Waals surface area contributed by atoms with Crippen molar-refractivity contribution in [1.29, 1.82) is 0 Å². The molecule has 0 aromatic heterocycles. The summed E-state index contributed by atoms with van der Waals surface area (Å²) in [6, 6.07) is 5.23. The zero-order valence-corrected chi connectivity index (χ0v) is 18.5. The molecule has 0 saturated carbocycles. The monoisotopic (exact) mass is 402 g/mol. The summed E-state index contributed by atoms with van der Waals surface area (Å²) in [5.41, 5.74) is 1.65. The first-order chi connectivity index (χ1) is 13.7. The smallest absolute Gasteiger partial charge is 0.253 e. The number of rotatable bonds is 6. The van der Waals surface area contributed by atoms with Gasteiger partial charge in [0.05, 0.1) is 14.2 Å². The molecule has 1 heterocycles. The lowest BCUT2D eigenvalue weighted by Gasteiger charge is -2.32. The second kappa shape index (κ2) is 9.81. The van der Waals surface area contributed by atoms with Crippen molar-refractivity contribution in [3.63, 3.8) is 0 Å². The van der Waals surface area contributed by atoms with Crippen molar-refractivity contribution in [1.82, 2.24) is 10.2 Å². The number of carbonyl (C=O) groups is 2. The van der Waals surface area contributed by atoms with E-state index in [-0.39, 0.29) is 17.2 Å². The van der Waals surface area contributed by atoms with Gasteiger partial charge in [-0.1, -0.05) is 26.3 Å². The number of piperidine rings is 1. The third-order valence-corrected chi connectivity index (χ3v) is 5.63. The Morgan fingerprint density at radius 1 is 1.14 bits per heavy atom. The molecule has 1 aromatic carbocycles. The van der Waals surface area contributed by atoms with Gasteiger partial charge in [-0.15, -0.1) is 0 Å². The lowest BCUT2D eigenvalue weighted by atomic mass is 9.87. The first kappa shape index (κ1) is 22.8. The Morgan fingerprint density at radius 3 is 2.31 bits per heavy atom. The summed E-state index contributed by atoms with van der Waals surface area (Å²) in [6.45, 7) is 10.3. The number of allylic oxidation sites excluding steroid dienone is 1. The molecule has 0 unspecified atom stereocenters. The van der Waals surface area contributed by atoms with Crippen molar-refractivity contribution in [3.8, 4) is 11.5 Å². The van der Waals surface area contributed by atoms with Crippen molar-refractivity contribution in [2.45, 2.75) is 40.5 Å². The van der Waals surface area contributed by atoms with Crippen molar-refractivity contribution in [2.75, 3.05) is 33.9 Å². The second-order valence-electron chi connectivity index (χ2n) is 8.63. The van der Waals surface area contributed by atoms with Gasteiger partial charge in [-0.3, -0.25) is 9.59 Å². The van der Waals surface area contributed by atoms with Crippen LogP contribution < -0.4 is 14.8 Å². The number of hydrogen-bond acceptors (Lipinski definition) is 4. The number of hydrogen-bond donors (Lipinski definition) is 1. The maximum absolute atomic E-state index is 12.8. The van der Waals surface area contributed by atoms with E-state index in [1.54, 1.807) is 38.5 Å². The van der Waals surface area contributed by atoms with Gasteiger partial charge < -0.3 is 19.7 Å². The Labute approximate surface area is 174 Å². The summed E-state index contributed by atoms with van der Waals surface area (Å²) in [5.74, 6) is 1.50. The largest absolute Gasteiger partial charge is 0.493 e. The van der Waals surface area contributed by atoms with Gasteiger partial charge >= 0.3 is 0 Å². The van der Waals surface area contributed by atoms with Crippen LogP contribution in [0.4, 0.5) is 0 Å². The Morgan fingerprint density at radius 2 is 1.76 bits per heavy atom. The molecule has 6 heteroatoms. The molecule has 0 radical (unpaired) electrons. The lowest BCUT2D eigenvalue weighted by Crippen LogP contribution is -2.41. The molecular weight excluding hydrogens is 368 g/mol. The molecule has 2 rings (SSSR count). The number of carbonyl (C=O) groups excluding carboxylic acids is 2. The molecule has 0 aliphatic carbocycles. The standard InChI is InChI=1S/C23H34N2O4/c1-16(23(2,3)4)13-21(26)24-15-17-9-11-25(12-10-17)22(27)18-7-8-19(28-5)20(14-18)29-6/h7-8,13-14,17H,9-12,15H2,1-6H3,(H,24,26)/b16-13+. The van der Waals surface area contributed by atoms with E-state index in [4.69, 9.17) is 9.47 Å². The first-order valence-corrected chi connectivity index (χ1v) is 10.1. The van der Waals surface area contributed by atoms with Crippen molar-refractivity contribution < 1.29 is 19.1 Å². The maximum atomic E-state index is 12.8. The fourth-order valence-corrected chi connectivity index (χ4v) is 3.20. The fraction of sp³-hybridized carbons (Fsp3) is 0.565. The van der Waals surface area contributed by atoms with Crippen molar-refractivity contribution in [3.05, 3.63) is 35.4 Å². The van der Waals surface area contributed by atoms with Gasteiger partial charge in [-0.25, -0.2) is 0 Å². The quantitative estimate of drug-likeness (QED) is 0.738. The Balaban J connectivity index is 1.86. The zero-order valence-electron chi connectivity index (χ0n) is 18.5. The summed E-state index contributed by atoms with van der Waals surface area (Å²) in [6.07, 6.45) is 3.44. The molecule has 1 aliphatic heterocycles. The van der Waals surface area contributed by atoms with Gasteiger partial charge in [0.15, 0.2) is 11.5 Å². The van der Waals surface area contributed by atoms with Crippen LogP contribution in [-0.2, 0) is 4.79 Å². The van der Waals surface area contributed by atoms with Crippen LogP contribution in [0.3, 0.4) is 0 Å². The minimum atomic E-state index is -0.0405. The summed E-state index contributed by atoms with van der Waals surface area (Å²) in [4.78, 5) is 26.8. The van der Waals surface area contributed by atoms with Crippen LogP contribution >= 0.6 is 0 Å². The summed E-state index contributed by atoms with van der Waals surface area (Å²) >= 11 is 0. The molecule has 160 valence electrons. The lowest BCUT2D eigenvalue weighted by molar-refractivity contribution is -0.116. The molecule has 1 aromatic rings. The Hall–Kier alpha value is -2.50. The van der Waals surface area contributed by atoms with E-state index in [0.29, 0.717) is 42.6 Å². The summed E-state index contributed by atoms with van der Waals surface area (Å²) < 4.78 is 10.5. The highest BCUT2D eigenvalue weighted by molar-refractivity contribution is 5.95. The minimum Gasteiger partial charge on any atom is -0.493 e. The predicted molar refractivity (Wildman–Crippen MR) is 114 cm³/mol. The highest BCUT2D eigenvalue weighted by Gasteiger charge is 2.24. The molecule has 6 nitrogen and oxygen atoms in total. The van der Waals surface area contributed by atoms with Crippen LogP contribution in [0.15, 0.2) is 29.8 Å². The van der Waals surface area contributed by atoms with E-state index in [1.807, 2.05) is 11.8 Å². The van der Waals surface area contributed by atoms with E-state index in [9.17, 15) is 9.59 Å². The molecule has 2 amide bonds. The third-order valence-electron chi connectivity index (χ3n) is 5.63. The van der Waals surface area contributed by atoms with E-state index in [1.165, 1.54) is 0 Å². The predicted octanol–water partition coefficient (Wildman–Crippen LogP) is 3.66. The first-order valence-electron chi connectivity index (χ1n) is 10.1. The normalized spacial score (nSPS) is 15.8. The number of benzene rings is 1. The van der Waals surface area contributed by atoms with Crippen LogP contribution in [0, 0.1) is 11.3 Å². The number of nitrogens with one attached hydrogen (secondary N) is 1. The van der Waals surface area contributed by atoms with Gasteiger partial charge in [0, 0.05) is 31.3 Å². The number of amides is 2. The van der Waals surface area contributed by atoms with Crippen LogP contribution in [0.25, 0.3) is 0 Å². The molecule has 1 N–H and O–H groups in total. The number of methoxy groups -OCH3 is 2. The third kappa shape index (κ3) is 6.24. The second-order valence-corrected chi connectivity index (χ2v) is 8.63. The molecule has 0 bridgehead atoms. The molecule has 29 heavy (non-hydrogen) atoms. The highest BCUT2D eigenvalue weighted by Crippen LogP contribution is 2.29. The molecular formula is C23H34N2O4. The Kier molecular flexibility index (Phi) is 7.71. The van der Waals surface area contributed by atoms with Crippen LogP contribution in [0.2, 0.25) is 0 Å². The highest BCUT2D eigenvalue weighted by atomic mass is 16.5. The van der Waals surface area contributed by atoms with Gasteiger partial charge in [0.2, 0.25) is 5.91 Å². The maximum Gasteiger partial charge on any atom is 0.253 e. The number of nitrogens with zero attached hydrogens (tertiary/aromatic N) is 1. The van der Waals surface area contributed by atoms with Crippen molar-refractivity contribution in [2.24, 2.45) is 11.3 Å². The van der Waals surface area contributed by atoms with Crippen LogP contribution in [0.5, 0.6) is 11.5 Å². The topological polar surface area (TPSA) is 67.9 Å². The molecule has 0 spiro atoms. The average molecular weight is 403 g/mol. The number of ether oxygens (including phenoxy) is 2. The summed E-state index contributed by atoms with van der Waals surface area (Å²) in [5, 5.41) is 3.01. The summed E-state index contributed by atoms with van der Waals surface area (Å²) in [7, 11) is 3.13. The van der Waals surface area contributed by atoms with E-state index < -0.39 is 0 Å². The van der Waals surface area contributed by atoms with E-state index >= 15 is 0 Å². The molecule has 1 fully saturated rings. The van der Waals surface area contributed by atoms with E-state index in [0.717, 1.165) is 18.4 Å². The molecule has 0 atom stereocenters. The van der Waals surface area contributed by atoms with Crippen LogP contribution in [0.1, 0.15) is 50.9 Å². The molecule has 1 saturated heterocycles. The van der Waals surface area contributed by atoms with Crippen molar-refractivity contribution >= 4 is 11.8 Å². The average Bonchev–Trinajstić information content (AvgIpc) is 2.70.